The first-order valence-corrected chi connectivity index (χ1v) is 6.61. The maximum Gasteiger partial charge on any atom is 0.311 e. The number of rotatable bonds is 7. The summed E-state index contributed by atoms with van der Waals surface area (Å²) < 4.78 is 5.56. The van der Waals surface area contributed by atoms with Crippen molar-refractivity contribution < 1.29 is 9.66 Å². The fourth-order valence-electron chi connectivity index (χ4n) is 1.64. The normalized spacial score (nSPS) is 10.7. The number of nitro groups is 1. The molecule has 0 aliphatic carbocycles. The van der Waals surface area contributed by atoms with E-state index in [1.807, 2.05) is 0 Å². The van der Waals surface area contributed by atoms with Gasteiger partial charge in [0.15, 0.2) is 5.75 Å². The number of nitro benzene ring substituents is 1. The number of hydrogen-bond donors (Lipinski definition) is 0. The van der Waals surface area contributed by atoms with E-state index in [1.165, 1.54) is 6.07 Å². The van der Waals surface area contributed by atoms with Crippen molar-refractivity contribution in [3.8, 4) is 5.75 Å². The molecule has 5 heteroatoms. The Bertz CT molecular complexity index is 405. The molecule has 1 aromatic rings. The third-order valence-corrected chi connectivity index (χ3v) is 3.31. The zero-order valence-corrected chi connectivity index (χ0v) is 11.4. The Morgan fingerprint density at radius 2 is 2.06 bits per heavy atom. The first-order chi connectivity index (χ1) is 8.62. The van der Waals surface area contributed by atoms with Crippen LogP contribution in [-0.4, -0.2) is 11.5 Å². The molecule has 0 saturated carbocycles. The molecular formula is C13H18ClNO3. The fourth-order valence-corrected chi connectivity index (χ4v) is 1.81. The van der Waals surface area contributed by atoms with Crippen molar-refractivity contribution in [3.63, 3.8) is 0 Å². The first-order valence-electron chi connectivity index (χ1n) is 6.08. The molecule has 4 nitrogen and oxygen atoms in total. The lowest BCUT2D eigenvalue weighted by atomic mass is 10.1. The van der Waals surface area contributed by atoms with Crippen LogP contribution in [0.1, 0.15) is 32.3 Å². The highest BCUT2D eigenvalue weighted by molar-refractivity contribution is 6.17. The van der Waals surface area contributed by atoms with E-state index in [1.54, 1.807) is 12.1 Å². The molecule has 0 aliphatic heterocycles. The molecule has 0 bridgehead atoms. The molecule has 0 N–H and O–H groups in total. The van der Waals surface area contributed by atoms with Gasteiger partial charge >= 0.3 is 5.69 Å². The van der Waals surface area contributed by atoms with Crippen molar-refractivity contribution >= 4 is 17.3 Å². The summed E-state index contributed by atoms with van der Waals surface area (Å²) in [5.41, 5.74) is 0.706. The van der Waals surface area contributed by atoms with E-state index in [4.69, 9.17) is 16.3 Å². The summed E-state index contributed by atoms with van der Waals surface area (Å²) in [6.07, 6.45) is 2.01. The van der Waals surface area contributed by atoms with Crippen LogP contribution in [0.5, 0.6) is 5.75 Å². The fraction of sp³-hybridized carbons (Fsp3) is 0.538. The van der Waals surface area contributed by atoms with E-state index >= 15 is 0 Å². The summed E-state index contributed by atoms with van der Waals surface area (Å²) in [7, 11) is 0. The van der Waals surface area contributed by atoms with Gasteiger partial charge in [-0.05, 0) is 17.5 Å². The van der Waals surface area contributed by atoms with E-state index in [-0.39, 0.29) is 11.6 Å². The van der Waals surface area contributed by atoms with E-state index in [0.717, 1.165) is 18.4 Å². The Labute approximate surface area is 112 Å². The van der Waals surface area contributed by atoms with E-state index in [2.05, 4.69) is 13.8 Å². The van der Waals surface area contributed by atoms with Crippen LogP contribution in [0.25, 0.3) is 0 Å². The van der Waals surface area contributed by atoms with E-state index in [9.17, 15) is 10.1 Å². The number of halogens is 1. The molecule has 0 spiro atoms. The Balaban J connectivity index is 2.84. The van der Waals surface area contributed by atoms with Gasteiger partial charge in [-0.3, -0.25) is 10.1 Å². The van der Waals surface area contributed by atoms with Crippen molar-refractivity contribution in [2.75, 3.05) is 6.61 Å². The molecular weight excluding hydrogens is 254 g/mol. The van der Waals surface area contributed by atoms with Gasteiger partial charge in [-0.1, -0.05) is 32.8 Å². The van der Waals surface area contributed by atoms with Crippen molar-refractivity contribution in [2.45, 2.75) is 32.6 Å². The van der Waals surface area contributed by atoms with Gasteiger partial charge in [-0.15, -0.1) is 11.6 Å². The van der Waals surface area contributed by atoms with E-state index in [0.29, 0.717) is 18.3 Å². The van der Waals surface area contributed by atoms with Gasteiger partial charge in [0, 0.05) is 11.9 Å². The zero-order chi connectivity index (χ0) is 13.5. The number of ether oxygens (including phenoxy) is 1. The number of hydrogen-bond acceptors (Lipinski definition) is 3. The Hall–Kier alpha value is -1.29. The van der Waals surface area contributed by atoms with Crippen LogP contribution in [0, 0.1) is 16.0 Å². The molecule has 100 valence electrons. The SMILES string of the molecule is CCC(CC)COc1ccc(CCl)cc1[N+](=O)[O-]. The Morgan fingerprint density at radius 1 is 1.39 bits per heavy atom. The highest BCUT2D eigenvalue weighted by atomic mass is 35.5. The van der Waals surface area contributed by atoms with Crippen LogP contribution in [0.4, 0.5) is 5.69 Å². The lowest BCUT2D eigenvalue weighted by Crippen LogP contribution is -2.11. The minimum absolute atomic E-state index is 0.0147. The summed E-state index contributed by atoms with van der Waals surface area (Å²) in [5, 5.41) is 11.0. The summed E-state index contributed by atoms with van der Waals surface area (Å²) in [5.74, 6) is 1.01. The van der Waals surface area contributed by atoms with Crippen LogP contribution in [0.15, 0.2) is 18.2 Å². The van der Waals surface area contributed by atoms with Gasteiger partial charge in [-0.2, -0.15) is 0 Å². The van der Waals surface area contributed by atoms with Gasteiger partial charge < -0.3 is 4.74 Å². The highest BCUT2D eigenvalue weighted by Crippen LogP contribution is 2.29. The topological polar surface area (TPSA) is 52.4 Å². The average molecular weight is 272 g/mol. The van der Waals surface area contributed by atoms with Crippen LogP contribution >= 0.6 is 11.6 Å². The molecule has 0 atom stereocenters. The summed E-state index contributed by atoms with van der Waals surface area (Å²) in [6, 6.07) is 4.84. The van der Waals surface area contributed by atoms with E-state index < -0.39 is 4.92 Å². The van der Waals surface area contributed by atoms with Gasteiger partial charge in [0.1, 0.15) is 0 Å². The van der Waals surface area contributed by atoms with Crippen LogP contribution in [0.3, 0.4) is 0 Å². The maximum absolute atomic E-state index is 11.0. The van der Waals surface area contributed by atoms with Crippen LogP contribution in [0.2, 0.25) is 0 Å². The molecule has 0 heterocycles. The smallest absolute Gasteiger partial charge is 0.311 e. The molecule has 0 saturated heterocycles. The van der Waals surface area contributed by atoms with Gasteiger partial charge in [0.2, 0.25) is 0 Å². The maximum atomic E-state index is 11.0. The molecule has 0 radical (unpaired) electrons. The predicted octanol–water partition coefficient (Wildman–Crippen LogP) is 4.15. The van der Waals surface area contributed by atoms with Gasteiger partial charge in [0.25, 0.3) is 0 Å². The number of benzene rings is 1. The second kappa shape index (κ2) is 7.21. The molecule has 0 aromatic heterocycles. The molecule has 0 aliphatic rings. The summed E-state index contributed by atoms with van der Waals surface area (Å²) >= 11 is 5.66. The quantitative estimate of drug-likeness (QED) is 0.425. The average Bonchev–Trinajstić information content (AvgIpc) is 2.39. The molecule has 1 rings (SSSR count). The summed E-state index contributed by atoms with van der Waals surface area (Å²) in [4.78, 5) is 10.5. The predicted molar refractivity (Wildman–Crippen MR) is 72.2 cm³/mol. The third kappa shape index (κ3) is 3.88. The molecule has 18 heavy (non-hydrogen) atoms. The largest absolute Gasteiger partial charge is 0.487 e. The van der Waals surface area contributed by atoms with Crippen molar-refractivity contribution in [2.24, 2.45) is 5.92 Å². The molecule has 0 unspecified atom stereocenters. The third-order valence-electron chi connectivity index (χ3n) is 3.00. The van der Waals surface area contributed by atoms with Crippen molar-refractivity contribution in [1.82, 2.24) is 0 Å². The van der Waals surface area contributed by atoms with Crippen molar-refractivity contribution in [1.29, 1.82) is 0 Å². The lowest BCUT2D eigenvalue weighted by molar-refractivity contribution is -0.386. The van der Waals surface area contributed by atoms with Crippen LogP contribution in [-0.2, 0) is 5.88 Å². The molecule has 0 amide bonds. The first kappa shape index (κ1) is 14.8. The van der Waals surface area contributed by atoms with Crippen molar-refractivity contribution in [3.05, 3.63) is 33.9 Å². The van der Waals surface area contributed by atoms with Crippen LogP contribution < -0.4 is 4.74 Å². The molecule has 0 fully saturated rings. The molecule has 1 aromatic carbocycles. The monoisotopic (exact) mass is 271 g/mol. The second-order valence-corrected chi connectivity index (χ2v) is 4.45. The Morgan fingerprint density at radius 3 is 2.56 bits per heavy atom. The lowest BCUT2D eigenvalue weighted by Gasteiger charge is -2.14. The standard InChI is InChI=1S/C13H18ClNO3/c1-3-10(4-2)9-18-13-6-5-11(8-14)7-12(13)15(16)17/h5-7,10H,3-4,8-9H2,1-2H3. The second-order valence-electron chi connectivity index (χ2n) is 4.19. The Kier molecular flexibility index (Phi) is 5.92. The van der Waals surface area contributed by atoms with Gasteiger partial charge in [-0.25, -0.2) is 0 Å². The summed E-state index contributed by atoms with van der Waals surface area (Å²) in [6.45, 7) is 4.68. The number of alkyl halides is 1. The number of nitrogens with zero attached hydrogens (tertiary/aromatic N) is 1. The minimum Gasteiger partial charge on any atom is -0.487 e. The van der Waals surface area contributed by atoms with Gasteiger partial charge in [0.05, 0.1) is 11.5 Å². The zero-order valence-electron chi connectivity index (χ0n) is 10.7. The minimum atomic E-state index is -0.432. The highest BCUT2D eigenvalue weighted by Gasteiger charge is 2.16.